The maximum Gasteiger partial charge on any atom is 0.516 e. The summed E-state index contributed by atoms with van der Waals surface area (Å²) in [7, 11) is -5.54. The lowest BCUT2D eigenvalue weighted by molar-refractivity contribution is -0.0429. The second kappa shape index (κ2) is 6.13. The van der Waals surface area contributed by atoms with Crippen molar-refractivity contribution in [1.82, 2.24) is 4.98 Å². The number of sulfonamides is 1. The molecule has 22 heavy (non-hydrogen) atoms. The summed E-state index contributed by atoms with van der Waals surface area (Å²) in [6, 6.07) is 7.49. The Hall–Kier alpha value is -1.81. The van der Waals surface area contributed by atoms with Crippen LogP contribution in [0, 0.1) is 0 Å². The summed E-state index contributed by atoms with van der Waals surface area (Å²) in [5.74, 6) is 0.154. The molecule has 2 aromatic rings. The van der Waals surface area contributed by atoms with Crippen LogP contribution in [0.15, 0.2) is 47.2 Å². The maximum absolute atomic E-state index is 12.4. The fraction of sp³-hybridized carbons (Fsp3) is 0.0833. The molecule has 0 radical (unpaired) electrons. The molecule has 1 heterocycles. The molecule has 0 spiro atoms. The van der Waals surface area contributed by atoms with Crippen molar-refractivity contribution in [3.8, 4) is 11.5 Å². The monoisotopic (exact) mass is 396 g/mol. The van der Waals surface area contributed by atoms with Crippen molar-refractivity contribution < 1.29 is 26.3 Å². The normalized spacial score (nSPS) is 12.0. The van der Waals surface area contributed by atoms with Gasteiger partial charge in [0.1, 0.15) is 5.75 Å². The van der Waals surface area contributed by atoms with E-state index in [9.17, 15) is 21.6 Å². The Kier molecular flexibility index (Phi) is 4.61. The quantitative estimate of drug-likeness (QED) is 0.850. The van der Waals surface area contributed by atoms with E-state index in [0.717, 1.165) is 22.9 Å². The van der Waals surface area contributed by atoms with Crippen molar-refractivity contribution >= 4 is 31.6 Å². The third-order valence-electron chi connectivity index (χ3n) is 2.37. The molecule has 0 unspecified atom stereocenters. The van der Waals surface area contributed by atoms with Gasteiger partial charge in [0.2, 0.25) is 0 Å². The largest absolute Gasteiger partial charge is 0.516 e. The van der Waals surface area contributed by atoms with E-state index in [2.05, 4.69) is 20.9 Å². The van der Waals surface area contributed by atoms with Gasteiger partial charge in [-0.3, -0.25) is 9.71 Å². The Morgan fingerprint density at radius 1 is 1.14 bits per heavy atom. The van der Waals surface area contributed by atoms with Crippen LogP contribution in [0.2, 0.25) is 0 Å². The summed E-state index contributed by atoms with van der Waals surface area (Å²) >= 11 is 3.22. The molecule has 0 aliphatic heterocycles. The minimum atomic E-state index is -5.54. The Morgan fingerprint density at radius 3 is 2.36 bits per heavy atom. The number of hydrogen-bond donors (Lipinski definition) is 1. The summed E-state index contributed by atoms with van der Waals surface area (Å²) in [6.07, 6.45) is 2.25. The SMILES string of the molecule is O=S(=O)(Nc1ccncc1Oc1ccc(Br)cc1)C(F)(F)F. The van der Waals surface area contributed by atoms with E-state index >= 15 is 0 Å². The van der Waals surface area contributed by atoms with Crippen molar-refractivity contribution in [2.24, 2.45) is 0 Å². The Bertz CT molecular complexity index is 764. The van der Waals surface area contributed by atoms with Crippen molar-refractivity contribution in [1.29, 1.82) is 0 Å². The molecule has 2 rings (SSSR count). The number of halogens is 4. The standard InChI is InChI=1S/C12H8BrF3N2O3S/c13-8-1-3-9(4-2-8)21-11-7-17-6-5-10(11)18-22(19,20)12(14,15)16/h1-7H,(H,17,18). The van der Waals surface area contributed by atoms with Crippen molar-refractivity contribution in [2.45, 2.75) is 5.51 Å². The summed E-state index contributed by atoms with van der Waals surface area (Å²) in [4.78, 5) is 3.70. The van der Waals surface area contributed by atoms with Gasteiger partial charge in [0.05, 0.1) is 11.9 Å². The van der Waals surface area contributed by atoms with E-state index in [4.69, 9.17) is 4.74 Å². The Morgan fingerprint density at radius 2 is 1.77 bits per heavy atom. The van der Waals surface area contributed by atoms with Gasteiger partial charge in [-0.1, -0.05) is 15.9 Å². The van der Waals surface area contributed by atoms with Gasteiger partial charge in [-0.2, -0.15) is 21.6 Å². The molecule has 0 fully saturated rings. The van der Waals surface area contributed by atoms with Gasteiger partial charge in [-0.15, -0.1) is 0 Å². The highest BCUT2D eigenvalue weighted by Gasteiger charge is 2.46. The van der Waals surface area contributed by atoms with Crippen LogP contribution in [-0.4, -0.2) is 18.9 Å². The lowest BCUT2D eigenvalue weighted by atomic mass is 10.3. The van der Waals surface area contributed by atoms with Crippen LogP contribution in [0.4, 0.5) is 18.9 Å². The minimum absolute atomic E-state index is 0.155. The lowest BCUT2D eigenvalue weighted by Crippen LogP contribution is -2.30. The molecule has 0 saturated heterocycles. The molecule has 0 atom stereocenters. The number of hydrogen-bond acceptors (Lipinski definition) is 4. The molecule has 1 aromatic heterocycles. The van der Waals surface area contributed by atoms with Gasteiger partial charge >= 0.3 is 15.5 Å². The first-order valence-electron chi connectivity index (χ1n) is 5.65. The molecule has 10 heteroatoms. The van der Waals surface area contributed by atoms with E-state index in [0.29, 0.717) is 5.75 Å². The zero-order chi connectivity index (χ0) is 16.4. The van der Waals surface area contributed by atoms with Crippen molar-refractivity contribution in [3.05, 3.63) is 47.2 Å². The van der Waals surface area contributed by atoms with Crippen molar-refractivity contribution in [2.75, 3.05) is 4.72 Å². The number of benzene rings is 1. The first-order chi connectivity index (χ1) is 10.2. The van der Waals surface area contributed by atoms with E-state index in [1.807, 2.05) is 0 Å². The van der Waals surface area contributed by atoms with E-state index in [1.54, 1.807) is 24.3 Å². The second-order valence-corrected chi connectivity index (χ2v) is 6.57. The molecular formula is C12H8BrF3N2O3S. The molecule has 118 valence electrons. The van der Waals surface area contributed by atoms with Crippen LogP contribution in [-0.2, 0) is 10.0 Å². The minimum Gasteiger partial charge on any atom is -0.454 e. The first-order valence-corrected chi connectivity index (χ1v) is 7.93. The maximum atomic E-state index is 12.4. The summed E-state index contributed by atoms with van der Waals surface area (Å²) < 4.78 is 67.1. The van der Waals surface area contributed by atoms with E-state index < -0.39 is 15.5 Å². The topological polar surface area (TPSA) is 68.3 Å². The van der Waals surface area contributed by atoms with E-state index in [1.165, 1.54) is 4.72 Å². The number of nitrogens with zero attached hydrogens (tertiary/aromatic N) is 1. The zero-order valence-electron chi connectivity index (χ0n) is 10.6. The summed E-state index contributed by atoms with van der Waals surface area (Å²) in [6.45, 7) is 0. The van der Waals surface area contributed by atoms with Gasteiger partial charge < -0.3 is 4.74 Å². The number of anilines is 1. The number of rotatable bonds is 4. The molecule has 0 saturated carbocycles. The predicted molar refractivity (Wildman–Crippen MR) is 77.1 cm³/mol. The summed E-state index contributed by atoms with van der Waals surface area (Å²) in [5.41, 5.74) is -5.79. The third-order valence-corrected chi connectivity index (χ3v) is 4.00. The van der Waals surface area contributed by atoms with Gasteiger partial charge in [0, 0.05) is 10.7 Å². The molecule has 0 bridgehead atoms. The average molecular weight is 397 g/mol. The highest BCUT2D eigenvalue weighted by atomic mass is 79.9. The van der Waals surface area contributed by atoms with Gasteiger partial charge in [0.25, 0.3) is 0 Å². The van der Waals surface area contributed by atoms with Gasteiger partial charge in [-0.25, -0.2) is 0 Å². The fourth-order valence-corrected chi connectivity index (χ4v) is 2.22. The molecule has 0 aliphatic rings. The Labute approximate surface area is 132 Å². The van der Waals surface area contributed by atoms with Crippen molar-refractivity contribution in [3.63, 3.8) is 0 Å². The number of nitrogens with one attached hydrogen (secondary N) is 1. The van der Waals surface area contributed by atoms with Crippen LogP contribution in [0.25, 0.3) is 0 Å². The molecule has 0 amide bonds. The number of ether oxygens (including phenoxy) is 1. The predicted octanol–water partition coefficient (Wildman–Crippen LogP) is 3.90. The van der Waals surface area contributed by atoms with Crippen LogP contribution < -0.4 is 9.46 Å². The first kappa shape index (κ1) is 16.6. The summed E-state index contributed by atoms with van der Waals surface area (Å²) in [5, 5.41) is 0. The van der Waals surface area contributed by atoms with E-state index in [-0.39, 0.29) is 11.4 Å². The highest BCUT2D eigenvalue weighted by Crippen LogP contribution is 2.32. The molecule has 1 N–H and O–H groups in total. The number of pyridine rings is 1. The van der Waals surface area contributed by atoms with Crippen LogP contribution in [0.1, 0.15) is 0 Å². The van der Waals surface area contributed by atoms with Crippen LogP contribution in [0.3, 0.4) is 0 Å². The molecule has 5 nitrogen and oxygen atoms in total. The zero-order valence-corrected chi connectivity index (χ0v) is 13.0. The van der Waals surface area contributed by atoms with Crippen LogP contribution in [0.5, 0.6) is 11.5 Å². The van der Waals surface area contributed by atoms with Gasteiger partial charge in [0.15, 0.2) is 5.75 Å². The molecule has 0 aliphatic carbocycles. The third kappa shape index (κ3) is 3.89. The van der Waals surface area contributed by atoms with Crippen LogP contribution >= 0.6 is 15.9 Å². The average Bonchev–Trinajstić information content (AvgIpc) is 2.42. The molecular weight excluding hydrogens is 389 g/mol. The number of alkyl halides is 3. The second-order valence-electron chi connectivity index (χ2n) is 3.98. The smallest absolute Gasteiger partial charge is 0.454 e. The number of aromatic nitrogens is 1. The Balaban J connectivity index is 2.29. The van der Waals surface area contributed by atoms with Gasteiger partial charge in [-0.05, 0) is 30.3 Å². The highest BCUT2D eigenvalue weighted by molar-refractivity contribution is 9.10. The molecule has 1 aromatic carbocycles. The fourth-order valence-electron chi connectivity index (χ4n) is 1.38. The lowest BCUT2D eigenvalue weighted by Gasteiger charge is -2.14.